The second-order valence-corrected chi connectivity index (χ2v) is 8.31. The van der Waals surface area contributed by atoms with Gasteiger partial charge in [-0.25, -0.2) is 0 Å². The first-order chi connectivity index (χ1) is 12.6. The minimum Gasteiger partial charge on any atom is -0.297 e. The highest BCUT2D eigenvalue weighted by molar-refractivity contribution is 7.93. The number of sulfonamides is 1. The highest BCUT2D eigenvalue weighted by Gasteiger charge is 2.50. The molecule has 0 aliphatic carbocycles. The molecule has 1 aliphatic rings. The van der Waals surface area contributed by atoms with Crippen LogP contribution in [0, 0.1) is 12.3 Å². The summed E-state index contributed by atoms with van der Waals surface area (Å²) >= 11 is 5.99. The summed E-state index contributed by atoms with van der Waals surface area (Å²) < 4.78 is 63.5. The summed E-state index contributed by atoms with van der Waals surface area (Å²) in [5.74, 6) is 1.97. The van der Waals surface area contributed by atoms with Gasteiger partial charge < -0.3 is 0 Å². The molecule has 0 saturated carbocycles. The van der Waals surface area contributed by atoms with Crippen LogP contribution in [0.4, 0.5) is 18.9 Å². The number of hydrogen-bond acceptors (Lipinski definition) is 4. The molecular weight excluding hydrogens is 403 g/mol. The van der Waals surface area contributed by atoms with E-state index in [1.54, 1.807) is 6.92 Å². The first-order valence-corrected chi connectivity index (χ1v) is 10.0. The van der Waals surface area contributed by atoms with Crippen LogP contribution in [-0.4, -0.2) is 44.3 Å². The first-order valence-electron chi connectivity index (χ1n) is 8.20. The molecule has 1 aromatic rings. The molecule has 0 aromatic heterocycles. The van der Waals surface area contributed by atoms with E-state index in [-0.39, 0.29) is 20.6 Å². The second-order valence-electron chi connectivity index (χ2n) is 6.02. The first kappa shape index (κ1) is 21.4. The van der Waals surface area contributed by atoms with E-state index in [9.17, 15) is 21.6 Å². The van der Waals surface area contributed by atoms with E-state index in [2.05, 4.69) is 5.10 Å². The lowest BCUT2D eigenvalue weighted by molar-refractivity contribution is -0.0437. The molecule has 2 rings (SSSR count). The minimum atomic E-state index is -5.68. The third kappa shape index (κ3) is 4.87. The topological polar surface area (TPSA) is 53.0 Å². The Morgan fingerprint density at radius 3 is 2.52 bits per heavy atom. The molecule has 0 atom stereocenters. The summed E-state index contributed by atoms with van der Waals surface area (Å²) in [7, 11) is -5.68. The molecular formula is C17H19ClF3N3O2S. The predicted molar refractivity (Wildman–Crippen MR) is 100 cm³/mol. The van der Waals surface area contributed by atoms with Gasteiger partial charge in [-0.2, -0.15) is 26.7 Å². The third-order valence-electron chi connectivity index (χ3n) is 4.06. The van der Waals surface area contributed by atoms with Crippen LogP contribution in [0.1, 0.15) is 31.7 Å². The maximum atomic E-state index is 13.1. The summed E-state index contributed by atoms with van der Waals surface area (Å²) in [6.07, 6.45) is 8.14. The number of terminal acetylenes is 1. The Labute approximate surface area is 161 Å². The number of hydrogen-bond donors (Lipinski definition) is 0. The standard InChI is InChI=1S/C17H19ClF3N3O2S/c1-3-9-24(27(25,26)17(19,20)21)16-8-7-14(18)12-15(16)13(2)22-23-10-5-4-6-11-23/h1,7-8,12H,4-6,9-11H2,2H3/b22-13+. The Bertz CT molecular complexity index is 857. The van der Waals surface area contributed by atoms with Crippen LogP contribution in [0.15, 0.2) is 23.3 Å². The number of benzene rings is 1. The molecule has 27 heavy (non-hydrogen) atoms. The zero-order chi connectivity index (χ0) is 20.2. The van der Waals surface area contributed by atoms with Crippen LogP contribution >= 0.6 is 11.6 Å². The molecule has 0 radical (unpaired) electrons. The van der Waals surface area contributed by atoms with Gasteiger partial charge in [0, 0.05) is 23.7 Å². The molecule has 1 heterocycles. The van der Waals surface area contributed by atoms with Crippen molar-refractivity contribution in [2.24, 2.45) is 5.10 Å². The minimum absolute atomic E-state index is 0.161. The van der Waals surface area contributed by atoms with E-state index in [0.29, 0.717) is 5.71 Å². The van der Waals surface area contributed by atoms with Crippen molar-refractivity contribution in [1.29, 1.82) is 0 Å². The van der Waals surface area contributed by atoms with E-state index in [1.807, 2.05) is 10.9 Å². The van der Waals surface area contributed by atoms with Crippen LogP contribution in [-0.2, 0) is 10.0 Å². The van der Waals surface area contributed by atoms with Gasteiger partial charge >= 0.3 is 15.5 Å². The van der Waals surface area contributed by atoms with Gasteiger partial charge in [-0.3, -0.25) is 9.31 Å². The highest BCUT2D eigenvalue weighted by atomic mass is 35.5. The molecule has 1 saturated heterocycles. The summed E-state index contributed by atoms with van der Waals surface area (Å²) in [5, 5.41) is 6.49. The molecule has 0 bridgehead atoms. The Morgan fingerprint density at radius 1 is 1.33 bits per heavy atom. The average Bonchev–Trinajstić information content (AvgIpc) is 2.59. The van der Waals surface area contributed by atoms with Gasteiger partial charge in [-0.05, 0) is 44.4 Å². The molecule has 1 aromatic carbocycles. The summed E-state index contributed by atoms with van der Waals surface area (Å²) in [6, 6.07) is 3.90. The lowest BCUT2D eigenvalue weighted by atomic mass is 10.1. The number of halogens is 4. The molecule has 5 nitrogen and oxygen atoms in total. The molecule has 1 fully saturated rings. The quantitative estimate of drug-likeness (QED) is 0.536. The zero-order valence-corrected chi connectivity index (χ0v) is 16.2. The highest BCUT2D eigenvalue weighted by Crippen LogP contribution is 2.34. The van der Waals surface area contributed by atoms with Gasteiger partial charge in [0.1, 0.15) is 0 Å². The number of alkyl halides is 3. The lowest BCUT2D eigenvalue weighted by Gasteiger charge is -2.27. The Kier molecular flexibility index (Phi) is 6.65. The molecule has 0 unspecified atom stereocenters. The van der Waals surface area contributed by atoms with Gasteiger partial charge in [0.05, 0.1) is 17.9 Å². The molecule has 0 N–H and O–H groups in total. The Morgan fingerprint density at radius 2 is 1.96 bits per heavy atom. The summed E-state index contributed by atoms with van der Waals surface area (Å²) in [6.45, 7) is 2.27. The molecule has 0 amide bonds. The number of piperidine rings is 1. The fourth-order valence-corrected chi connectivity index (χ4v) is 3.85. The van der Waals surface area contributed by atoms with E-state index in [0.717, 1.165) is 32.4 Å². The molecule has 10 heteroatoms. The molecule has 148 valence electrons. The number of hydrazone groups is 1. The van der Waals surface area contributed by atoms with Crippen molar-refractivity contribution in [1.82, 2.24) is 5.01 Å². The van der Waals surface area contributed by atoms with Crippen molar-refractivity contribution in [2.45, 2.75) is 31.7 Å². The molecule has 0 spiro atoms. The zero-order valence-electron chi connectivity index (χ0n) is 14.6. The van der Waals surface area contributed by atoms with Crippen LogP contribution < -0.4 is 4.31 Å². The predicted octanol–water partition coefficient (Wildman–Crippen LogP) is 3.84. The summed E-state index contributed by atoms with van der Waals surface area (Å²) in [4.78, 5) is 0. The van der Waals surface area contributed by atoms with Crippen molar-refractivity contribution < 1.29 is 21.6 Å². The second kappa shape index (κ2) is 8.40. The third-order valence-corrected chi connectivity index (χ3v) is 5.78. The van der Waals surface area contributed by atoms with Crippen molar-refractivity contribution in [2.75, 3.05) is 23.9 Å². The fourth-order valence-electron chi connectivity index (χ4n) is 2.77. The maximum absolute atomic E-state index is 13.1. The normalized spacial score (nSPS) is 16.1. The van der Waals surface area contributed by atoms with Crippen LogP contribution in [0.5, 0.6) is 0 Å². The average molecular weight is 422 g/mol. The van der Waals surface area contributed by atoms with Crippen molar-refractivity contribution in [3.05, 3.63) is 28.8 Å². The monoisotopic (exact) mass is 421 g/mol. The van der Waals surface area contributed by atoms with Gasteiger partial charge in [-0.1, -0.05) is 17.5 Å². The van der Waals surface area contributed by atoms with Gasteiger partial charge in [0.2, 0.25) is 0 Å². The lowest BCUT2D eigenvalue weighted by Crippen LogP contribution is -2.41. The Balaban J connectivity index is 2.56. The number of nitrogens with zero attached hydrogens (tertiary/aromatic N) is 3. The van der Waals surface area contributed by atoms with Gasteiger partial charge in [0.15, 0.2) is 0 Å². The van der Waals surface area contributed by atoms with Crippen molar-refractivity contribution >= 4 is 33.0 Å². The van der Waals surface area contributed by atoms with Gasteiger partial charge in [-0.15, -0.1) is 6.42 Å². The van der Waals surface area contributed by atoms with Crippen LogP contribution in [0.3, 0.4) is 0 Å². The SMILES string of the molecule is C#CCN(c1ccc(Cl)cc1/C(C)=N/N1CCCCC1)S(=O)(=O)C(F)(F)F. The Hall–Kier alpha value is -1.92. The summed E-state index contributed by atoms with van der Waals surface area (Å²) in [5.41, 5.74) is -5.17. The number of rotatable bonds is 5. The van der Waals surface area contributed by atoms with E-state index >= 15 is 0 Å². The number of anilines is 1. The van der Waals surface area contributed by atoms with Crippen LogP contribution in [0.25, 0.3) is 0 Å². The maximum Gasteiger partial charge on any atom is 0.516 e. The van der Waals surface area contributed by atoms with Gasteiger partial charge in [0.25, 0.3) is 0 Å². The van der Waals surface area contributed by atoms with E-state index in [4.69, 9.17) is 18.0 Å². The smallest absolute Gasteiger partial charge is 0.297 e. The molecule has 1 aliphatic heterocycles. The van der Waals surface area contributed by atoms with E-state index in [1.165, 1.54) is 18.2 Å². The fraction of sp³-hybridized carbons (Fsp3) is 0.471. The largest absolute Gasteiger partial charge is 0.516 e. The van der Waals surface area contributed by atoms with Crippen LogP contribution in [0.2, 0.25) is 5.02 Å². The van der Waals surface area contributed by atoms with Crippen molar-refractivity contribution in [3.63, 3.8) is 0 Å². The van der Waals surface area contributed by atoms with Crippen molar-refractivity contribution in [3.8, 4) is 12.3 Å². The van der Waals surface area contributed by atoms with E-state index < -0.39 is 22.1 Å².